The molecule has 9 heteroatoms. The first-order chi connectivity index (χ1) is 11.1. The van der Waals surface area contributed by atoms with E-state index in [2.05, 4.69) is 10.0 Å². The molecule has 0 amide bonds. The minimum atomic E-state index is -4.53. The zero-order chi connectivity index (χ0) is 18.4. The molecule has 0 saturated carbocycles. The van der Waals surface area contributed by atoms with Crippen LogP contribution in [0.25, 0.3) is 0 Å². The lowest BCUT2D eigenvalue weighted by Crippen LogP contribution is -2.50. The Balaban J connectivity index is 3.37. The Labute approximate surface area is 146 Å². The second-order valence-corrected chi connectivity index (χ2v) is 7.96. The van der Waals surface area contributed by atoms with Crippen LogP contribution in [0.1, 0.15) is 32.8 Å². The average molecular weight is 380 g/mol. The highest BCUT2D eigenvalue weighted by molar-refractivity contribution is 7.80. The molecule has 136 valence electrons. The first-order valence-corrected chi connectivity index (χ1v) is 9.93. The molecule has 2 atom stereocenters. The van der Waals surface area contributed by atoms with Crippen LogP contribution < -0.4 is 10.2 Å². The molecule has 0 radical (unpaired) electrons. The predicted octanol–water partition coefficient (Wildman–Crippen LogP) is 3.36. The van der Waals surface area contributed by atoms with E-state index in [0.29, 0.717) is 11.3 Å². The summed E-state index contributed by atoms with van der Waals surface area (Å²) in [6.45, 7) is 1.30. The summed E-state index contributed by atoms with van der Waals surface area (Å²) in [5, 5.41) is 0. The van der Waals surface area contributed by atoms with Gasteiger partial charge in [0.15, 0.2) is 5.54 Å². The van der Waals surface area contributed by atoms with Gasteiger partial charge in [-0.05, 0) is 37.0 Å². The maximum atomic E-state index is 12.7. The highest BCUT2D eigenvalue weighted by atomic mass is 35.7. The van der Waals surface area contributed by atoms with Crippen LogP contribution in [-0.2, 0) is 24.3 Å². The van der Waals surface area contributed by atoms with Gasteiger partial charge in [0.2, 0.25) is 0 Å². The Hall–Kier alpha value is -1.11. The van der Waals surface area contributed by atoms with Crippen molar-refractivity contribution in [2.75, 3.05) is 13.7 Å². The number of ether oxygens (including phenoxy) is 1. The Morgan fingerprint density at radius 3 is 2.38 bits per heavy atom. The van der Waals surface area contributed by atoms with Crippen LogP contribution in [0.3, 0.4) is 0 Å². The lowest BCUT2D eigenvalue weighted by molar-refractivity contribution is -0.152. The molecule has 2 N–H and O–H groups in total. The minimum absolute atomic E-state index is 0.0426. The summed E-state index contributed by atoms with van der Waals surface area (Å²) in [5.41, 5.74) is 1.70. The van der Waals surface area contributed by atoms with Gasteiger partial charge in [0.25, 0.3) is 0 Å². The maximum absolute atomic E-state index is 12.7. The zero-order valence-corrected chi connectivity index (χ0v) is 15.8. The van der Waals surface area contributed by atoms with Gasteiger partial charge in [-0.2, -0.15) is 5.48 Å². The number of carbonyl (C=O) groups excluding carboxylic acids is 1. The van der Waals surface area contributed by atoms with Crippen molar-refractivity contribution in [3.05, 3.63) is 29.8 Å². The van der Waals surface area contributed by atoms with Crippen molar-refractivity contribution in [2.24, 2.45) is 5.92 Å². The second kappa shape index (κ2) is 8.83. The summed E-state index contributed by atoms with van der Waals surface area (Å²) in [4.78, 5) is 27.1. The molecule has 0 aliphatic rings. The third-order valence-electron chi connectivity index (χ3n) is 3.23. The van der Waals surface area contributed by atoms with Crippen LogP contribution in [-0.4, -0.2) is 24.6 Å². The number of hydrogen-bond donors (Lipinski definition) is 2. The van der Waals surface area contributed by atoms with Crippen molar-refractivity contribution < 1.29 is 28.4 Å². The highest BCUT2D eigenvalue weighted by Gasteiger charge is 2.45. The van der Waals surface area contributed by atoms with Crippen molar-refractivity contribution in [1.29, 1.82) is 0 Å². The number of nitrogens with one attached hydrogen (secondary N) is 1. The average Bonchev–Trinajstić information content (AvgIpc) is 2.49. The molecule has 1 aromatic carbocycles. The van der Waals surface area contributed by atoms with Crippen molar-refractivity contribution in [2.45, 2.75) is 32.7 Å². The first-order valence-electron chi connectivity index (χ1n) is 7.44. The van der Waals surface area contributed by atoms with E-state index in [1.54, 1.807) is 31.2 Å². The fourth-order valence-corrected chi connectivity index (χ4v) is 2.87. The third kappa shape index (κ3) is 5.76. The van der Waals surface area contributed by atoms with Crippen LogP contribution in [0.2, 0.25) is 0 Å². The monoisotopic (exact) mass is 379 g/mol. The van der Waals surface area contributed by atoms with E-state index in [4.69, 9.17) is 20.8 Å². The SMILES string of the molecule is CCON[C@@](CC(C)C)(C(=O)OP(=O)(O)Cl)c1ccc(OC)cc1. The summed E-state index contributed by atoms with van der Waals surface area (Å²) < 4.78 is 21.0. The molecule has 0 aliphatic carbocycles. The molecule has 0 fully saturated rings. The maximum Gasteiger partial charge on any atom is 0.476 e. The topological polar surface area (TPSA) is 94.1 Å². The van der Waals surface area contributed by atoms with E-state index in [1.165, 1.54) is 7.11 Å². The molecule has 0 aromatic heterocycles. The van der Waals surface area contributed by atoms with Gasteiger partial charge < -0.3 is 19.0 Å². The standard InChI is InChI=1S/C15H23ClNO6P/c1-5-22-17-15(10-11(2)3,14(18)23-24(16,19)20)12-6-8-13(21-4)9-7-12/h6-9,11,17H,5,10H2,1-4H3,(H,19,20)/t15-/m1/s1. The molecular formula is C15H23ClNO6P. The van der Waals surface area contributed by atoms with E-state index in [9.17, 15) is 14.3 Å². The van der Waals surface area contributed by atoms with Gasteiger partial charge in [-0.25, -0.2) is 9.36 Å². The number of halogens is 1. The summed E-state index contributed by atoms with van der Waals surface area (Å²) in [5.74, 6) is -0.344. The van der Waals surface area contributed by atoms with E-state index >= 15 is 0 Å². The van der Waals surface area contributed by atoms with E-state index in [1.807, 2.05) is 13.8 Å². The molecule has 7 nitrogen and oxygen atoms in total. The van der Waals surface area contributed by atoms with E-state index < -0.39 is 18.5 Å². The number of methoxy groups -OCH3 is 1. The Bertz CT molecular complexity index is 588. The molecule has 24 heavy (non-hydrogen) atoms. The zero-order valence-electron chi connectivity index (χ0n) is 14.1. The van der Waals surface area contributed by atoms with Crippen molar-refractivity contribution in [3.8, 4) is 5.75 Å². The fourth-order valence-electron chi connectivity index (χ4n) is 2.32. The first kappa shape index (κ1) is 20.9. The van der Waals surface area contributed by atoms with Crippen LogP contribution in [0, 0.1) is 5.92 Å². The predicted molar refractivity (Wildman–Crippen MR) is 90.7 cm³/mol. The van der Waals surface area contributed by atoms with Gasteiger partial charge >= 0.3 is 12.9 Å². The summed E-state index contributed by atoms with van der Waals surface area (Å²) in [6.07, 6.45) is 0.259. The van der Waals surface area contributed by atoms with Crippen molar-refractivity contribution in [3.63, 3.8) is 0 Å². The summed E-state index contributed by atoms with van der Waals surface area (Å²) in [7, 11) is 1.53. The molecule has 1 rings (SSSR count). The van der Waals surface area contributed by atoms with Crippen molar-refractivity contribution in [1.82, 2.24) is 5.48 Å². The number of rotatable bonds is 9. The van der Waals surface area contributed by atoms with Gasteiger partial charge in [0, 0.05) is 11.2 Å². The Morgan fingerprint density at radius 2 is 1.96 bits per heavy atom. The molecular weight excluding hydrogens is 357 g/mol. The number of hydrogen-bond acceptors (Lipinski definition) is 6. The number of carbonyl (C=O) groups is 1. The molecule has 1 unspecified atom stereocenters. The normalized spacial score (nSPS) is 16.3. The van der Waals surface area contributed by atoms with Gasteiger partial charge in [0.1, 0.15) is 5.75 Å². The Morgan fingerprint density at radius 1 is 1.38 bits per heavy atom. The molecule has 0 heterocycles. The second-order valence-electron chi connectivity index (χ2n) is 5.60. The fraction of sp³-hybridized carbons (Fsp3) is 0.533. The smallest absolute Gasteiger partial charge is 0.476 e. The lowest BCUT2D eigenvalue weighted by atomic mass is 9.83. The molecule has 0 saturated heterocycles. The van der Waals surface area contributed by atoms with Crippen molar-refractivity contribution >= 4 is 24.2 Å². The summed E-state index contributed by atoms with van der Waals surface area (Å²) in [6, 6.07) is 6.66. The van der Waals surface area contributed by atoms with Gasteiger partial charge in [-0.1, -0.05) is 26.0 Å². The molecule has 0 spiro atoms. The Kier molecular flexibility index (Phi) is 7.70. The van der Waals surface area contributed by atoms with Crippen LogP contribution in [0.4, 0.5) is 0 Å². The minimum Gasteiger partial charge on any atom is -0.497 e. The van der Waals surface area contributed by atoms with Gasteiger partial charge in [0.05, 0.1) is 13.7 Å². The van der Waals surface area contributed by atoms with Crippen LogP contribution in [0.5, 0.6) is 5.75 Å². The third-order valence-corrected chi connectivity index (χ3v) is 3.83. The van der Waals surface area contributed by atoms with Crippen LogP contribution >= 0.6 is 18.2 Å². The highest BCUT2D eigenvalue weighted by Crippen LogP contribution is 2.49. The summed E-state index contributed by atoms with van der Waals surface area (Å²) >= 11 is 5.22. The molecule has 1 aromatic rings. The van der Waals surface area contributed by atoms with E-state index in [-0.39, 0.29) is 18.9 Å². The number of benzene rings is 1. The molecule has 0 bridgehead atoms. The van der Waals surface area contributed by atoms with E-state index in [0.717, 1.165) is 0 Å². The number of hydroxylamine groups is 1. The van der Waals surface area contributed by atoms with Gasteiger partial charge in [-0.3, -0.25) is 0 Å². The molecule has 0 aliphatic heterocycles. The largest absolute Gasteiger partial charge is 0.497 e. The van der Waals surface area contributed by atoms with Crippen LogP contribution in [0.15, 0.2) is 24.3 Å². The quantitative estimate of drug-likeness (QED) is 0.501. The van der Waals surface area contributed by atoms with Gasteiger partial charge in [-0.15, -0.1) is 0 Å². The lowest BCUT2D eigenvalue weighted by Gasteiger charge is -2.33.